The summed E-state index contributed by atoms with van der Waals surface area (Å²) in [7, 11) is 0. The molecule has 6 nitrogen and oxygen atoms in total. The molecule has 1 aromatic heterocycles. The van der Waals surface area contributed by atoms with Crippen LogP contribution in [0.3, 0.4) is 0 Å². The normalized spacial score (nSPS) is 12.6. The monoisotopic (exact) mass is 364 g/mol. The van der Waals surface area contributed by atoms with E-state index in [2.05, 4.69) is 15.5 Å². The van der Waals surface area contributed by atoms with Gasteiger partial charge in [-0.15, -0.1) is 5.10 Å². The Morgan fingerprint density at radius 2 is 2.00 bits per heavy atom. The lowest BCUT2D eigenvalue weighted by atomic mass is 10.2. The fourth-order valence-electron chi connectivity index (χ4n) is 2.26. The smallest absolute Gasteiger partial charge is 0.231 e. The molecule has 0 amide bonds. The van der Waals surface area contributed by atoms with Crippen molar-refractivity contribution in [3.05, 3.63) is 52.8 Å². The first-order valence-corrected chi connectivity index (χ1v) is 8.33. The van der Waals surface area contributed by atoms with Crippen molar-refractivity contribution in [1.29, 1.82) is 0 Å². The molecule has 2 heterocycles. The van der Waals surface area contributed by atoms with E-state index in [0.29, 0.717) is 33.1 Å². The predicted octanol–water partition coefficient (Wildman–Crippen LogP) is 3.48. The molecular weight excluding hydrogens is 355 g/mol. The molecule has 24 heavy (non-hydrogen) atoms. The van der Waals surface area contributed by atoms with Crippen molar-refractivity contribution < 1.29 is 13.9 Å². The zero-order valence-electron chi connectivity index (χ0n) is 12.1. The highest BCUT2D eigenvalue weighted by atomic mass is 35.5. The average molecular weight is 365 g/mol. The summed E-state index contributed by atoms with van der Waals surface area (Å²) in [4.78, 5) is 0. The fourth-order valence-corrected chi connectivity index (χ4v) is 3.43. The number of ether oxygens (including phenoxy) is 2. The molecule has 0 fully saturated rings. The fraction of sp³-hybridized carbons (Fsp3) is 0.133. The van der Waals surface area contributed by atoms with Crippen LogP contribution in [0.5, 0.6) is 11.5 Å². The molecule has 0 unspecified atom stereocenters. The van der Waals surface area contributed by atoms with E-state index in [1.165, 1.54) is 22.5 Å². The molecule has 0 atom stereocenters. The lowest BCUT2D eigenvalue weighted by molar-refractivity contribution is 0.174. The van der Waals surface area contributed by atoms with Crippen molar-refractivity contribution in [2.24, 2.45) is 0 Å². The molecule has 0 aliphatic carbocycles. The van der Waals surface area contributed by atoms with Gasteiger partial charge in [-0.25, -0.2) is 4.39 Å². The van der Waals surface area contributed by atoms with E-state index < -0.39 is 5.82 Å². The lowest BCUT2D eigenvalue weighted by Gasteiger charge is -2.07. The molecule has 2 aromatic carbocycles. The van der Waals surface area contributed by atoms with Crippen LogP contribution in [0.25, 0.3) is 5.69 Å². The largest absolute Gasteiger partial charge is 0.454 e. The number of hydrogen-bond donors (Lipinski definition) is 0. The molecular formula is C15H10ClFN4O2S. The molecule has 1 aliphatic heterocycles. The summed E-state index contributed by atoms with van der Waals surface area (Å²) >= 11 is 7.61. The van der Waals surface area contributed by atoms with Crippen LogP contribution in [-0.2, 0) is 5.75 Å². The van der Waals surface area contributed by atoms with Crippen LogP contribution >= 0.6 is 23.4 Å². The summed E-state index contributed by atoms with van der Waals surface area (Å²) in [5.41, 5.74) is 1.15. The Hall–Kier alpha value is -2.32. The van der Waals surface area contributed by atoms with Crippen LogP contribution in [0.1, 0.15) is 5.56 Å². The van der Waals surface area contributed by atoms with Gasteiger partial charge in [0.15, 0.2) is 11.5 Å². The zero-order valence-corrected chi connectivity index (χ0v) is 13.7. The van der Waals surface area contributed by atoms with Crippen LogP contribution in [0.4, 0.5) is 4.39 Å². The number of para-hydroxylation sites is 1. The SMILES string of the molecule is Fc1ccccc1-n1nnnc1SCc1cc2c(cc1Cl)OCO2. The van der Waals surface area contributed by atoms with Gasteiger partial charge in [0.1, 0.15) is 11.5 Å². The Morgan fingerprint density at radius 1 is 1.21 bits per heavy atom. The van der Waals surface area contributed by atoms with Crippen LogP contribution in [0.15, 0.2) is 41.6 Å². The third-order valence-corrected chi connectivity index (χ3v) is 4.74. The van der Waals surface area contributed by atoms with E-state index in [-0.39, 0.29) is 6.79 Å². The minimum absolute atomic E-state index is 0.188. The van der Waals surface area contributed by atoms with Crippen molar-refractivity contribution >= 4 is 23.4 Å². The van der Waals surface area contributed by atoms with Crippen LogP contribution < -0.4 is 9.47 Å². The second kappa shape index (κ2) is 6.29. The topological polar surface area (TPSA) is 62.1 Å². The molecule has 4 rings (SSSR count). The molecule has 0 N–H and O–H groups in total. The van der Waals surface area contributed by atoms with E-state index in [0.717, 1.165) is 5.56 Å². The number of halogens is 2. The first-order chi connectivity index (χ1) is 11.7. The number of benzene rings is 2. The molecule has 0 radical (unpaired) electrons. The third-order valence-electron chi connectivity index (χ3n) is 3.42. The highest BCUT2D eigenvalue weighted by Gasteiger charge is 2.18. The number of fused-ring (bicyclic) bond motifs is 1. The van der Waals surface area contributed by atoms with Gasteiger partial charge in [-0.3, -0.25) is 0 Å². The van der Waals surface area contributed by atoms with Crippen molar-refractivity contribution in [3.8, 4) is 17.2 Å². The summed E-state index contributed by atoms with van der Waals surface area (Å²) in [6.45, 7) is 0.188. The van der Waals surface area contributed by atoms with Crippen LogP contribution in [-0.4, -0.2) is 27.0 Å². The van der Waals surface area contributed by atoms with Gasteiger partial charge in [-0.05, 0) is 34.2 Å². The summed E-state index contributed by atoms with van der Waals surface area (Å²) in [6, 6.07) is 9.86. The number of hydrogen-bond acceptors (Lipinski definition) is 6. The molecule has 122 valence electrons. The zero-order chi connectivity index (χ0) is 16.5. The van der Waals surface area contributed by atoms with Crippen LogP contribution in [0.2, 0.25) is 5.02 Å². The Kier molecular flexibility index (Phi) is 3.99. The molecule has 3 aromatic rings. The second-order valence-electron chi connectivity index (χ2n) is 4.91. The highest BCUT2D eigenvalue weighted by Crippen LogP contribution is 2.38. The molecule has 0 bridgehead atoms. The number of tetrazole rings is 1. The van der Waals surface area contributed by atoms with Crippen molar-refractivity contribution in [1.82, 2.24) is 20.2 Å². The second-order valence-corrected chi connectivity index (χ2v) is 6.26. The molecule has 1 aliphatic rings. The van der Waals surface area contributed by atoms with Gasteiger partial charge in [0.25, 0.3) is 0 Å². The van der Waals surface area contributed by atoms with E-state index in [9.17, 15) is 4.39 Å². The Labute approximate surface area is 145 Å². The Bertz CT molecular complexity index is 905. The van der Waals surface area contributed by atoms with Gasteiger partial charge in [-0.1, -0.05) is 35.5 Å². The minimum Gasteiger partial charge on any atom is -0.454 e. The van der Waals surface area contributed by atoms with E-state index in [1.54, 1.807) is 24.3 Å². The van der Waals surface area contributed by atoms with Gasteiger partial charge in [0, 0.05) is 16.8 Å². The van der Waals surface area contributed by atoms with Crippen molar-refractivity contribution in [3.63, 3.8) is 0 Å². The summed E-state index contributed by atoms with van der Waals surface area (Å²) in [5, 5.41) is 12.5. The lowest BCUT2D eigenvalue weighted by Crippen LogP contribution is -2.01. The molecule has 0 spiro atoms. The molecule has 9 heteroatoms. The van der Waals surface area contributed by atoms with Crippen LogP contribution in [0, 0.1) is 5.82 Å². The summed E-state index contributed by atoms with van der Waals surface area (Å²) < 4.78 is 25.9. The average Bonchev–Trinajstić information content (AvgIpc) is 3.21. The highest BCUT2D eigenvalue weighted by molar-refractivity contribution is 7.98. The van der Waals surface area contributed by atoms with Gasteiger partial charge >= 0.3 is 0 Å². The maximum absolute atomic E-state index is 13.9. The van der Waals surface area contributed by atoms with E-state index in [4.69, 9.17) is 21.1 Å². The number of thioether (sulfide) groups is 1. The summed E-state index contributed by atoms with van der Waals surface area (Å²) in [6.07, 6.45) is 0. The van der Waals surface area contributed by atoms with Gasteiger partial charge in [0.2, 0.25) is 11.9 Å². The first kappa shape index (κ1) is 15.2. The first-order valence-electron chi connectivity index (χ1n) is 6.96. The minimum atomic E-state index is -0.396. The standard InChI is InChI=1S/C15H10ClFN4O2S/c16-10-6-14-13(22-8-23-14)5-9(10)7-24-15-18-19-20-21(15)12-4-2-1-3-11(12)17/h1-6H,7-8H2. The van der Waals surface area contributed by atoms with E-state index >= 15 is 0 Å². The van der Waals surface area contributed by atoms with E-state index in [1.807, 2.05) is 6.07 Å². The maximum atomic E-state index is 13.9. The van der Waals surface area contributed by atoms with Gasteiger partial charge < -0.3 is 9.47 Å². The quantitative estimate of drug-likeness (QED) is 0.660. The predicted molar refractivity (Wildman–Crippen MR) is 86.2 cm³/mol. The number of nitrogens with zero attached hydrogens (tertiary/aromatic N) is 4. The van der Waals surface area contributed by atoms with Crippen molar-refractivity contribution in [2.75, 3.05) is 6.79 Å². The molecule has 0 saturated heterocycles. The summed E-state index contributed by atoms with van der Waals surface area (Å²) in [5.74, 6) is 1.39. The molecule has 0 saturated carbocycles. The maximum Gasteiger partial charge on any atom is 0.231 e. The number of aromatic nitrogens is 4. The third kappa shape index (κ3) is 2.78. The van der Waals surface area contributed by atoms with Gasteiger partial charge in [0.05, 0.1) is 0 Å². The van der Waals surface area contributed by atoms with Gasteiger partial charge in [-0.2, -0.15) is 4.68 Å². The van der Waals surface area contributed by atoms with Crippen molar-refractivity contribution in [2.45, 2.75) is 10.9 Å². The number of rotatable bonds is 4. The Balaban J connectivity index is 1.58. The Morgan fingerprint density at radius 3 is 2.83 bits per heavy atom.